The van der Waals surface area contributed by atoms with Crippen molar-refractivity contribution in [3.05, 3.63) is 29.8 Å². The van der Waals surface area contributed by atoms with Crippen molar-refractivity contribution in [1.29, 1.82) is 0 Å². The molecule has 25 heavy (non-hydrogen) atoms. The van der Waals surface area contributed by atoms with E-state index in [1.807, 2.05) is 38.2 Å². The molecule has 1 aliphatic carbocycles. The van der Waals surface area contributed by atoms with Crippen molar-refractivity contribution in [2.45, 2.75) is 46.1 Å². The molecular formula is C20H32N3O2+. The number of amides is 2. The summed E-state index contributed by atoms with van der Waals surface area (Å²) in [6, 6.07) is 7.98. The van der Waals surface area contributed by atoms with Crippen LogP contribution in [0.15, 0.2) is 24.3 Å². The molecule has 2 amide bonds. The monoisotopic (exact) mass is 346 g/mol. The fraction of sp³-hybridized carbons (Fsp3) is 0.600. The zero-order valence-electron chi connectivity index (χ0n) is 15.9. The minimum atomic E-state index is -0.0752. The van der Waals surface area contributed by atoms with Crippen LogP contribution in [-0.4, -0.2) is 38.0 Å². The van der Waals surface area contributed by atoms with Crippen LogP contribution in [0.3, 0.4) is 0 Å². The molecule has 1 fully saturated rings. The van der Waals surface area contributed by atoms with E-state index in [1.54, 1.807) is 0 Å². The average Bonchev–Trinajstić information content (AvgIpc) is 2.53. The van der Waals surface area contributed by atoms with Gasteiger partial charge in [-0.25, -0.2) is 0 Å². The number of likely N-dealkylation sites (N-methyl/N-ethyl adjacent to an activating group) is 1. The first-order chi connectivity index (χ1) is 11.8. The van der Waals surface area contributed by atoms with Gasteiger partial charge in [-0.05, 0) is 37.3 Å². The predicted molar refractivity (Wildman–Crippen MR) is 101 cm³/mol. The van der Waals surface area contributed by atoms with E-state index < -0.39 is 0 Å². The van der Waals surface area contributed by atoms with Crippen LogP contribution in [0, 0.1) is 18.8 Å². The lowest BCUT2D eigenvalue weighted by molar-refractivity contribution is -0.862. The molecule has 138 valence electrons. The molecule has 4 atom stereocenters. The van der Waals surface area contributed by atoms with Gasteiger partial charge in [0.15, 0.2) is 13.1 Å². The molecule has 0 radical (unpaired) electrons. The molecule has 0 saturated heterocycles. The molecule has 1 aromatic carbocycles. The fourth-order valence-electron chi connectivity index (χ4n) is 3.50. The van der Waals surface area contributed by atoms with Crippen molar-refractivity contribution in [2.75, 3.05) is 25.5 Å². The summed E-state index contributed by atoms with van der Waals surface area (Å²) in [7, 11) is 1.88. The summed E-state index contributed by atoms with van der Waals surface area (Å²) in [6.07, 6.45) is 3.49. The van der Waals surface area contributed by atoms with Gasteiger partial charge in [0.25, 0.3) is 11.8 Å². The van der Waals surface area contributed by atoms with Crippen LogP contribution in [0.2, 0.25) is 0 Å². The van der Waals surface area contributed by atoms with E-state index in [1.165, 1.54) is 12.8 Å². The van der Waals surface area contributed by atoms with E-state index in [2.05, 4.69) is 24.5 Å². The Balaban J connectivity index is 1.75. The molecule has 0 bridgehead atoms. The van der Waals surface area contributed by atoms with E-state index in [0.29, 0.717) is 18.4 Å². The standard InChI is InChI=1S/C20H31N3O2/c1-14-8-10-17(11-9-14)21-19(24)12-23(4)13-20(25)22-18-7-5-6-15(2)16(18)3/h8-11,15-16,18H,5-7,12-13H2,1-4H3,(H,21,24)(H,22,25)/p+1/t15-,16-,18+/m0/s1. The summed E-state index contributed by atoms with van der Waals surface area (Å²) in [5, 5.41) is 6.04. The number of aryl methyl sites for hydroxylation is 1. The van der Waals surface area contributed by atoms with Crippen LogP contribution in [0.5, 0.6) is 0 Å². The zero-order valence-corrected chi connectivity index (χ0v) is 15.9. The summed E-state index contributed by atoms with van der Waals surface area (Å²) in [5.41, 5.74) is 1.95. The van der Waals surface area contributed by atoms with Gasteiger partial charge in [0, 0.05) is 11.7 Å². The number of quaternary nitrogens is 1. The van der Waals surface area contributed by atoms with Gasteiger partial charge in [-0.3, -0.25) is 9.59 Å². The van der Waals surface area contributed by atoms with Crippen LogP contribution in [0.4, 0.5) is 5.69 Å². The Labute approximate surface area is 151 Å². The molecule has 0 aliphatic heterocycles. The molecule has 1 unspecified atom stereocenters. The van der Waals surface area contributed by atoms with Gasteiger partial charge in [-0.1, -0.05) is 44.4 Å². The van der Waals surface area contributed by atoms with Crippen molar-refractivity contribution in [3.63, 3.8) is 0 Å². The number of carbonyl (C=O) groups excluding carboxylic acids is 2. The molecule has 1 saturated carbocycles. The van der Waals surface area contributed by atoms with Crippen molar-refractivity contribution in [3.8, 4) is 0 Å². The summed E-state index contributed by atoms with van der Waals surface area (Å²) in [5.74, 6) is 1.13. The zero-order chi connectivity index (χ0) is 18.4. The van der Waals surface area contributed by atoms with E-state index in [9.17, 15) is 9.59 Å². The highest BCUT2D eigenvalue weighted by Crippen LogP contribution is 2.29. The highest BCUT2D eigenvalue weighted by Gasteiger charge is 2.28. The van der Waals surface area contributed by atoms with Crippen LogP contribution >= 0.6 is 0 Å². The lowest BCUT2D eigenvalue weighted by Crippen LogP contribution is -3.11. The number of rotatable bonds is 6. The van der Waals surface area contributed by atoms with Crippen LogP contribution < -0.4 is 15.5 Å². The summed E-state index contributed by atoms with van der Waals surface area (Å²) in [6.45, 7) is 7.09. The van der Waals surface area contributed by atoms with E-state index >= 15 is 0 Å². The second-order valence-corrected chi connectivity index (χ2v) is 7.67. The molecule has 0 spiro atoms. The minimum absolute atomic E-state index is 0.0339. The van der Waals surface area contributed by atoms with Gasteiger partial charge in [0.2, 0.25) is 0 Å². The van der Waals surface area contributed by atoms with Crippen LogP contribution in [-0.2, 0) is 9.59 Å². The third-order valence-corrected chi connectivity index (χ3v) is 5.31. The van der Waals surface area contributed by atoms with Crippen molar-refractivity contribution in [1.82, 2.24) is 5.32 Å². The number of carbonyl (C=O) groups is 2. The smallest absolute Gasteiger partial charge is 0.279 e. The molecule has 5 heteroatoms. The Hall–Kier alpha value is -1.88. The van der Waals surface area contributed by atoms with Gasteiger partial charge < -0.3 is 15.5 Å². The highest BCUT2D eigenvalue weighted by atomic mass is 16.2. The fourth-order valence-corrected chi connectivity index (χ4v) is 3.50. The van der Waals surface area contributed by atoms with Gasteiger partial charge in [0.05, 0.1) is 7.05 Å². The Morgan fingerprint density at radius 2 is 1.72 bits per heavy atom. The van der Waals surface area contributed by atoms with Crippen LogP contribution in [0.1, 0.15) is 38.7 Å². The molecule has 1 aliphatic rings. The third-order valence-electron chi connectivity index (χ3n) is 5.31. The Morgan fingerprint density at radius 3 is 2.40 bits per heavy atom. The molecule has 3 N–H and O–H groups in total. The molecule has 1 aromatic rings. The summed E-state index contributed by atoms with van der Waals surface area (Å²) < 4.78 is 0. The maximum absolute atomic E-state index is 12.3. The summed E-state index contributed by atoms with van der Waals surface area (Å²) >= 11 is 0. The number of nitrogens with one attached hydrogen (secondary N) is 3. The maximum Gasteiger partial charge on any atom is 0.279 e. The van der Waals surface area contributed by atoms with Crippen molar-refractivity contribution >= 4 is 17.5 Å². The minimum Gasteiger partial charge on any atom is -0.348 e. The Bertz CT molecular complexity index is 585. The number of hydrogen-bond donors (Lipinski definition) is 3. The molecule has 0 heterocycles. The van der Waals surface area contributed by atoms with Gasteiger partial charge in [-0.15, -0.1) is 0 Å². The predicted octanol–water partition coefficient (Wildman–Crippen LogP) is 1.39. The topological polar surface area (TPSA) is 62.6 Å². The molecule has 0 aromatic heterocycles. The third kappa shape index (κ3) is 6.16. The second-order valence-electron chi connectivity index (χ2n) is 7.67. The van der Waals surface area contributed by atoms with E-state index in [0.717, 1.165) is 22.6 Å². The van der Waals surface area contributed by atoms with E-state index in [4.69, 9.17) is 0 Å². The first-order valence-corrected chi connectivity index (χ1v) is 9.32. The lowest BCUT2D eigenvalue weighted by Gasteiger charge is -2.34. The Morgan fingerprint density at radius 1 is 1.08 bits per heavy atom. The molecule has 2 rings (SSSR count). The number of hydrogen-bond acceptors (Lipinski definition) is 2. The van der Waals surface area contributed by atoms with E-state index in [-0.39, 0.29) is 24.4 Å². The highest BCUT2D eigenvalue weighted by molar-refractivity contribution is 5.91. The number of anilines is 1. The van der Waals surface area contributed by atoms with Gasteiger partial charge in [0.1, 0.15) is 0 Å². The number of benzene rings is 1. The van der Waals surface area contributed by atoms with Crippen molar-refractivity contribution < 1.29 is 14.5 Å². The largest absolute Gasteiger partial charge is 0.348 e. The molecule has 5 nitrogen and oxygen atoms in total. The quantitative estimate of drug-likeness (QED) is 0.729. The first-order valence-electron chi connectivity index (χ1n) is 9.32. The van der Waals surface area contributed by atoms with Crippen molar-refractivity contribution in [2.24, 2.45) is 11.8 Å². The normalized spacial score (nSPS) is 24.4. The van der Waals surface area contributed by atoms with Gasteiger partial charge in [-0.2, -0.15) is 0 Å². The SMILES string of the molecule is Cc1ccc(NC(=O)C[NH+](C)CC(=O)N[C@@H]2CCC[C@H](C)[C@@H]2C)cc1. The maximum atomic E-state index is 12.3. The summed E-state index contributed by atoms with van der Waals surface area (Å²) in [4.78, 5) is 25.3. The Kier molecular flexibility index (Phi) is 7.00. The first kappa shape index (κ1) is 19.4. The lowest BCUT2D eigenvalue weighted by atomic mass is 9.78. The average molecular weight is 346 g/mol. The van der Waals surface area contributed by atoms with Crippen LogP contribution in [0.25, 0.3) is 0 Å². The molecular weight excluding hydrogens is 314 g/mol. The second kappa shape index (κ2) is 8.99. The van der Waals surface area contributed by atoms with Gasteiger partial charge >= 0.3 is 0 Å².